The van der Waals surface area contributed by atoms with E-state index in [1.807, 2.05) is 0 Å². The minimum absolute atomic E-state index is 0.369. The Balaban J connectivity index is 1.88. The molecule has 1 fully saturated rings. The normalized spacial score (nSPS) is 20.1. The molecule has 4 heteroatoms. The number of hydrogen-bond donors (Lipinski definition) is 1. The van der Waals surface area contributed by atoms with E-state index in [1.54, 1.807) is 0 Å². The van der Waals surface area contributed by atoms with Crippen molar-refractivity contribution in [3.05, 3.63) is 0 Å². The van der Waals surface area contributed by atoms with Gasteiger partial charge < -0.3 is 10.5 Å². The first-order chi connectivity index (χ1) is 5.33. The lowest BCUT2D eigenvalue weighted by molar-refractivity contribution is 0.168. The lowest BCUT2D eigenvalue weighted by Gasteiger charge is -2.01. The Morgan fingerprint density at radius 2 is 2.27 bits per heavy atom. The highest BCUT2D eigenvalue weighted by Crippen LogP contribution is 2.28. The minimum Gasteiger partial charge on any atom is -0.368 e. The van der Waals surface area contributed by atoms with E-state index < -0.39 is 10.8 Å². The Bertz CT molecular complexity index is 136. The number of hydrogen-bond acceptors (Lipinski definition) is 3. The maximum absolute atomic E-state index is 11.0. The van der Waals surface area contributed by atoms with Crippen molar-refractivity contribution in [3.63, 3.8) is 0 Å². The third-order valence-corrected chi connectivity index (χ3v) is 2.73. The molecule has 0 aromatic carbocycles. The Morgan fingerprint density at radius 3 is 2.82 bits per heavy atom. The molecule has 0 aliphatic heterocycles. The third-order valence-electron chi connectivity index (χ3n) is 1.61. The zero-order chi connectivity index (χ0) is 8.10. The smallest absolute Gasteiger partial charge is 0.122 e. The highest BCUT2D eigenvalue weighted by Gasteiger charge is 2.21. The van der Waals surface area contributed by atoms with Crippen LogP contribution in [0.4, 0.5) is 0 Å². The molecule has 1 rings (SSSR count). The molecule has 11 heavy (non-hydrogen) atoms. The quantitative estimate of drug-likeness (QED) is 0.625. The summed E-state index contributed by atoms with van der Waals surface area (Å²) in [5, 5.41) is 0. The summed E-state index contributed by atoms with van der Waals surface area (Å²) in [6, 6.07) is 0. The summed E-state index contributed by atoms with van der Waals surface area (Å²) in [7, 11) is -0.856. The number of rotatable bonds is 6. The van der Waals surface area contributed by atoms with E-state index in [0.29, 0.717) is 18.2 Å². The predicted molar refractivity (Wildman–Crippen MR) is 45.6 cm³/mol. The molecule has 0 radical (unpaired) electrons. The van der Waals surface area contributed by atoms with Gasteiger partial charge in [-0.05, 0) is 18.8 Å². The SMILES string of the molecule is NCCS(=O)COCC1CC1. The van der Waals surface area contributed by atoms with Gasteiger partial charge in [-0.2, -0.15) is 0 Å². The van der Waals surface area contributed by atoms with Gasteiger partial charge in [-0.1, -0.05) is 0 Å². The van der Waals surface area contributed by atoms with Crippen LogP contribution < -0.4 is 5.73 Å². The van der Waals surface area contributed by atoms with Crippen LogP contribution in [-0.4, -0.2) is 29.1 Å². The van der Waals surface area contributed by atoms with E-state index in [2.05, 4.69) is 0 Å². The molecule has 3 nitrogen and oxygen atoms in total. The maximum Gasteiger partial charge on any atom is 0.122 e. The maximum atomic E-state index is 11.0. The summed E-state index contributed by atoms with van der Waals surface area (Å²) in [5.41, 5.74) is 5.22. The average Bonchev–Trinajstić information content (AvgIpc) is 2.72. The van der Waals surface area contributed by atoms with Crippen molar-refractivity contribution in [1.29, 1.82) is 0 Å². The molecule has 1 unspecified atom stereocenters. The van der Waals surface area contributed by atoms with Crippen molar-refractivity contribution in [3.8, 4) is 0 Å². The van der Waals surface area contributed by atoms with E-state index in [4.69, 9.17) is 10.5 Å². The fourth-order valence-electron chi connectivity index (χ4n) is 0.783. The summed E-state index contributed by atoms with van der Waals surface area (Å²) in [4.78, 5) is 0. The predicted octanol–water partition coefficient (Wildman–Crippen LogP) is 0.0779. The van der Waals surface area contributed by atoms with Gasteiger partial charge in [0.1, 0.15) is 5.94 Å². The van der Waals surface area contributed by atoms with Gasteiger partial charge in [0.2, 0.25) is 0 Å². The molecule has 0 spiro atoms. The van der Waals surface area contributed by atoms with Crippen molar-refractivity contribution in [1.82, 2.24) is 0 Å². The van der Waals surface area contributed by atoms with E-state index in [-0.39, 0.29) is 0 Å². The van der Waals surface area contributed by atoms with Gasteiger partial charge in [-0.3, -0.25) is 4.21 Å². The first-order valence-electron chi connectivity index (χ1n) is 3.95. The number of nitrogens with two attached hydrogens (primary N) is 1. The molecule has 0 aromatic heterocycles. The van der Waals surface area contributed by atoms with Crippen LogP contribution in [0.3, 0.4) is 0 Å². The van der Waals surface area contributed by atoms with Crippen molar-refractivity contribution >= 4 is 10.8 Å². The van der Waals surface area contributed by atoms with Crippen LogP contribution in [0.15, 0.2) is 0 Å². The fourth-order valence-corrected chi connectivity index (χ4v) is 1.45. The summed E-state index contributed by atoms with van der Waals surface area (Å²) in [6.45, 7) is 1.27. The molecule has 2 N–H and O–H groups in total. The summed E-state index contributed by atoms with van der Waals surface area (Å²) < 4.78 is 16.2. The van der Waals surface area contributed by atoms with Crippen LogP contribution in [0, 0.1) is 5.92 Å². The largest absolute Gasteiger partial charge is 0.368 e. The Morgan fingerprint density at radius 1 is 1.55 bits per heavy atom. The van der Waals surface area contributed by atoms with E-state index >= 15 is 0 Å². The van der Waals surface area contributed by atoms with Crippen LogP contribution in [-0.2, 0) is 15.5 Å². The van der Waals surface area contributed by atoms with E-state index in [9.17, 15) is 4.21 Å². The molecule has 1 atom stereocenters. The number of ether oxygens (including phenoxy) is 1. The Kier molecular flexibility index (Phi) is 4.04. The van der Waals surface area contributed by atoms with Crippen molar-refractivity contribution in [2.24, 2.45) is 11.7 Å². The van der Waals surface area contributed by atoms with Gasteiger partial charge >= 0.3 is 0 Å². The molecule has 0 saturated heterocycles. The van der Waals surface area contributed by atoms with Crippen molar-refractivity contribution in [2.75, 3.05) is 24.8 Å². The standard InChI is InChI=1S/C7H15NO2S/c8-3-4-11(9)6-10-5-7-1-2-7/h7H,1-6,8H2. The first-order valence-corrected chi connectivity index (χ1v) is 5.44. The molecule has 1 aliphatic carbocycles. The highest BCUT2D eigenvalue weighted by atomic mass is 32.2. The van der Waals surface area contributed by atoms with Gasteiger partial charge in [0, 0.05) is 23.1 Å². The Hall–Kier alpha value is 0.0700. The minimum atomic E-state index is -0.856. The summed E-state index contributed by atoms with van der Waals surface area (Å²) in [6.07, 6.45) is 2.56. The third kappa shape index (κ3) is 4.50. The van der Waals surface area contributed by atoms with Crippen LogP contribution in [0.5, 0.6) is 0 Å². The van der Waals surface area contributed by atoms with Crippen LogP contribution in [0.2, 0.25) is 0 Å². The van der Waals surface area contributed by atoms with Crippen molar-refractivity contribution < 1.29 is 8.95 Å². The zero-order valence-electron chi connectivity index (χ0n) is 6.62. The fraction of sp³-hybridized carbons (Fsp3) is 1.00. The molecule has 0 bridgehead atoms. The Labute approximate surface area is 69.8 Å². The summed E-state index contributed by atoms with van der Waals surface area (Å²) >= 11 is 0. The van der Waals surface area contributed by atoms with Crippen LogP contribution in [0.1, 0.15) is 12.8 Å². The van der Waals surface area contributed by atoms with Crippen molar-refractivity contribution in [2.45, 2.75) is 12.8 Å². The van der Waals surface area contributed by atoms with Crippen LogP contribution >= 0.6 is 0 Å². The monoisotopic (exact) mass is 177 g/mol. The average molecular weight is 177 g/mol. The highest BCUT2D eigenvalue weighted by molar-refractivity contribution is 7.84. The van der Waals surface area contributed by atoms with Gasteiger partial charge in [0.15, 0.2) is 0 Å². The molecular weight excluding hydrogens is 162 g/mol. The zero-order valence-corrected chi connectivity index (χ0v) is 7.44. The molecule has 0 heterocycles. The van der Waals surface area contributed by atoms with Gasteiger partial charge in [0.05, 0.1) is 6.61 Å². The molecule has 0 amide bonds. The van der Waals surface area contributed by atoms with E-state index in [1.165, 1.54) is 12.8 Å². The first kappa shape index (κ1) is 9.16. The second-order valence-electron chi connectivity index (χ2n) is 2.86. The van der Waals surface area contributed by atoms with Gasteiger partial charge in [0.25, 0.3) is 0 Å². The summed E-state index contributed by atoms with van der Waals surface area (Å²) in [5.74, 6) is 1.68. The topological polar surface area (TPSA) is 52.3 Å². The second-order valence-corrected chi connectivity index (χ2v) is 4.39. The second kappa shape index (κ2) is 4.85. The lowest BCUT2D eigenvalue weighted by atomic mass is 10.5. The molecule has 1 saturated carbocycles. The van der Waals surface area contributed by atoms with Crippen LogP contribution in [0.25, 0.3) is 0 Å². The molecule has 1 aliphatic rings. The lowest BCUT2D eigenvalue weighted by Crippen LogP contribution is -2.14. The molecule has 0 aromatic rings. The van der Waals surface area contributed by atoms with Gasteiger partial charge in [-0.25, -0.2) is 0 Å². The molecule has 66 valence electrons. The van der Waals surface area contributed by atoms with Gasteiger partial charge in [-0.15, -0.1) is 0 Å². The molecular formula is C7H15NO2S. The van der Waals surface area contributed by atoms with E-state index in [0.717, 1.165) is 12.5 Å².